The summed E-state index contributed by atoms with van der Waals surface area (Å²) in [5, 5.41) is 8.65. The van der Waals surface area contributed by atoms with Crippen LogP contribution in [0.5, 0.6) is 0 Å². The predicted octanol–water partition coefficient (Wildman–Crippen LogP) is -0.437. The van der Waals surface area contributed by atoms with E-state index < -0.39 is 29.6 Å². The molecule has 1 aromatic rings. The van der Waals surface area contributed by atoms with E-state index in [2.05, 4.69) is 15.8 Å². The van der Waals surface area contributed by atoms with Gasteiger partial charge in [-0.3, -0.25) is 30.2 Å². The molecule has 1 aliphatic carbocycles. The van der Waals surface area contributed by atoms with Crippen LogP contribution in [0.15, 0.2) is 24.5 Å². The highest BCUT2D eigenvalue weighted by molar-refractivity contribution is 5.96. The lowest BCUT2D eigenvalue weighted by atomic mass is 10.2. The number of carboxylic acid groups (broad SMARTS) is 1. The van der Waals surface area contributed by atoms with Crippen LogP contribution >= 0.6 is 0 Å². The normalized spacial score (nSPS) is 20.9. The topological polar surface area (TPSA) is 108 Å². The van der Waals surface area contributed by atoms with Crippen molar-refractivity contribution in [1.82, 2.24) is 15.8 Å². The first kappa shape index (κ1) is 12.0. The van der Waals surface area contributed by atoms with Crippen LogP contribution in [-0.2, 0) is 9.59 Å². The number of hydrogen-bond donors (Lipinski definition) is 3. The van der Waals surface area contributed by atoms with Gasteiger partial charge in [-0.1, -0.05) is 0 Å². The number of pyridine rings is 1. The highest BCUT2D eigenvalue weighted by Crippen LogP contribution is 2.38. The minimum atomic E-state index is -0.990. The first-order valence-corrected chi connectivity index (χ1v) is 5.32. The van der Waals surface area contributed by atoms with E-state index >= 15 is 0 Å². The van der Waals surface area contributed by atoms with Crippen molar-refractivity contribution < 1.29 is 19.5 Å². The molecule has 2 amide bonds. The maximum absolute atomic E-state index is 11.5. The fourth-order valence-electron chi connectivity index (χ4n) is 1.54. The van der Waals surface area contributed by atoms with E-state index in [4.69, 9.17) is 5.11 Å². The molecule has 2 atom stereocenters. The van der Waals surface area contributed by atoms with Crippen molar-refractivity contribution in [1.29, 1.82) is 0 Å². The van der Waals surface area contributed by atoms with Gasteiger partial charge >= 0.3 is 5.97 Å². The average molecular weight is 249 g/mol. The van der Waals surface area contributed by atoms with Gasteiger partial charge in [-0.25, -0.2) is 0 Å². The third-order valence-corrected chi connectivity index (χ3v) is 2.69. The number of aliphatic carboxylic acids is 1. The molecule has 3 N–H and O–H groups in total. The molecule has 2 rings (SSSR count). The van der Waals surface area contributed by atoms with Gasteiger partial charge in [-0.15, -0.1) is 0 Å². The third-order valence-electron chi connectivity index (χ3n) is 2.69. The Morgan fingerprint density at radius 1 is 1.17 bits per heavy atom. The number of aromatic nitrogens is 1. The maximum atomic E-state index is 11.5. The summed E-state index contributed by atoms with van der Waals surface area (Å²) in [6, 6.07) is 3.00. The standard InChI is InChI=1S/C11H11N3O4/c15-9(6-1-3-12-4-2-6)13-14-10(16)7-5-8(7)11(17)18/h1-4,7-8H,5H2,(H,13,15)(H,14,16)(H,17,18). The zero-order valence-electron chi connectivity index (χ0n) is 9.29. The molecule has 1 aliphatic rings. The number of carboxylic acids is 1. The number of nitrogens with one attached hydrogen (secondary N) is 2. The number of carbonyl (C=O) groups is 3. The van der Waals surface area contributed by atoms with Crippen molar-refractivity contribution in [2.45, 2.75) is 6.42 Å². The largest absolute Gasteiger partial charge is 0.481 e. The number of hydrogen-bond acceptors (Lipinski definition) is 4. The Morgan fingerprint density at radius 2 is 1.83 bits per heavy atom. The number of amides is 2. The molecule has 18 heavy (non-hydrogen) atoms. The molecule has 0 bridgehead atoms. The highest BCUT2D eigenvalue weighted by Gasteiger charge is 2.48. The molecule has 0 radical (unpaired) electrons. The van der Waals surface area contributed by atoms with E-state index in [-0.39, 0.29) is 0 Å². The van der Waals surface area contributed by atoms with Gasteiger partial charge in [-0.05, 0) is 18.6 Å². The van der Waals surface area contributed by atoms with Crippen LogP contribution < -0.4 is 10.9 Å². The van der Waals surface area contributed by atoms with Crippen molar-refractivity contribution in [2.75, 3.05) is 0 Å². The summed E-state index contributed by atoms with van der Waals surface area (Å²) in [6.45, 7) is 0. The minimum absolute atomic E-state index is 0.312. The van der Waals surface area contributed by atoms with Crippen molar-refractivity contribution in [3.05, 3.63) is 30.1 Å². The van der Waals surface area contributed by atoms with Gasteiger partial charge in [0.25, 0.3) is 5.91 Å². The summed E-state index contributed by atoms with van der Waals surface area (Å²) in [5.41, 5.74) is 4.78. The van der Waals surface area contributed by atoms with Crippen molar-refractivity contribution in [3.8, 4) is 0 Å². The molecule has 2 unspecified atom stereocenters. The lowest BCUT2D eigenvalue weighted by Crippen LogP contribution is -2.42. The van der Waals surface area contributed by atoms with Gasteiger partial charge < -0.3 is 5.11 Å². The van der Waals surface area contributed by atoms with Gasteiger partial charge in [0, 0.05) is 18.0 Å². The zero-order valence-corrected chi connectivity index (χ0v) is 9.29. The Kier molecular flexibility index (Phi) is 3.22. The molecule has 1 saturated carbocycles. The molecular formula is C11H11N3O4. The molecule has 7 nitrogen and oxygen atoms in total. The van der Waals surface area contributed by atoms with E-state index in [0.29, 0.717) is 12.0 Å². The molecule has 94 valence electrons. The van der Waals surface area contributed by atoms with Crippen LogP contribution in [0.2, 0.25) is 0 Å². The van der Waals surface area contributed by atoms with Gasteiger partial charge in [0.1, 0.15) is 0 Å². The Bertz CT molecular complexity index is 488. The first-order valence-electron chi connectivity index (χ1n) is 5.32. The van der Waals surface area contributed by atoms with E-state index in [1.54, 1.807) is 0 Å². The Labute approximate surface area is 102 Å². The number of nitrogens with zero attached hydrogens (tertiary/aromatic N) is 1. The molecule has 1 aromatic heterocycles. The van der Waals surface area contributed by atoms with Gasteiger partial charge in [-0.2, -0.15) is 0 Å². The van der Waals surface area contributed by atoms with E-state index in [1.165, 1.54) is 24.5 Å². The summed E-state index contributed by atoms with van der Waals surface area (Å²) < 4.78 is 0. The monoisotopic (exact) mass is 249 g/mol. The number of carbonyl (C=O) groups excluding carboxylic acids is 2. The highest BCUT2D eigenvalue weighted by atomic mass is 16.4. The third kappa shape index (κ3) is 2.62. The van der Waals surface area contributed by atoms with Crippen molar-refractivity contribution in [3.63, 3.8) is 0 Å². The average Bonchev–Trinajstić information content (AvgIpc) is 3.17. The summed E-state index contributed by atoms with van der Waals surface area (Å²) in [5.74, 6) is -3.14. The predicted molar refractivity (Wildman–Crippen MR) is 59.1 cm³/mol. The Balaban J connectivity index is 1.81. The van der Waals surface area contributed by atoms with Crippen molar-refractivity contribution >= 4 is 17.8 Å². The first-order chi connectivity index (χ1) is 8.59. The molecule has 0 spiro atoms. The molecule has 0 aliphatic heterocycles. The summed E-state index contributed by atoms with van der Waals surface area (Å²) in [7, 11) is 0. The van der Waals surface area contributed by atoms with Gasteiger partial charge in [0.05, 0.1) is 11.8 Å². The summed E-state index contributed by atoms with van der Waals surface area (Å²) in [4.78, 5) is 37.3. The zero-order chi connectivity index (χ0) is 13.1. The molecule has 0 saturated heterocycles. The van der Waals surface area contributed by atoms with E-state index in [9.17, 15) is 14.4 Å². The lowest BCUT2D eigenvalue weighted by Gasteiger charge is -2.06. The SMILES string of the molecule is O=C(NNC(=O)C1CC1C(=O)O)c1ccncc1. The maximum Gasteiger partial charge on any atom is 0.307 e. The molecule has 7 heteroatoms. The smallest absolute Gasteiger partial charge is 0.307 e. The van der Waals surface area contributed by atoms with Crippen LogP contribution in [0.1, 0.15) is 16.8 Å². The minimum Gasteiger partial charge on any atom is -0.481 e. The fraction of sp³-hybridized carbons (Fsp3) is 0.273. The van der Waals surface area contributed by atoms with E-state index in [0.717, 1.165) is 0 Å². The fourth-order valence-corrected chi connectivity index (χ4v) is 1.54. The molecule has 1 heterocycles. The summed E-state index contributed by atoms with van der Waals surface area (Å²) in [6.07, 6.45) is 3.22. The van der Waals surface area contributed by atoms with Crippen LogP contribution in [-0.4, -0.2) is 27.9 Å². The second-order valence-corrected chi connectivity index (χ2v) is 3.97. The van der Waals surface area contributed by atoms with Crippen LogP contribution in [0.4, 0.5) is 0 Å². The van der Waals surface area contributed by atoms with Crippen LogP contribution in [0, 0.1) is 11.8 Å². The van der Waals surface area contributed by atoms with Crippen LogP contribution in [0.3, 0.4) is 0 Å². The number of rotatable bonds is 3. The van der Waals surface area contributed by atoms with E-state index in [1.807, 2.05) is 0 Å². The van der Waals surface area contributed by atoms with Crippen LogP contribution in [0.25, 0.3) is 0 Å². The lowest BCUT2D eigenvalue weighted by molar-refractivity contribution is -0.140. The molecule has 0 aromatic carbocycles. The Hall–Kier alpha value is -2.44. The Morgan fingerprint density at radius 3 is 2.39 bits per heavy atom. The molecule has 1 fully saturated rings. The second-order valence-electron chi connectivity index (χ2n) is 3.97. The van der Waals surface area contributed by atoms with Crippen molar-refractivity contribution in [2.24, 2.45) is 11.8 Å². The van der Waals surface area contributed by atoms with Gasteiger partial charge in [0.15, 0.2) is 0 Å². The molecular weight excluding hydrogens is 238 g/mol. The summed E-state index contributed by atoms with van der Waals surface area (Å²) >= 11 is 0. The second kappa shape index (κ2) is 4.82. The number of hydrazine groups is 1. The quantitative estimate of drug-likeness (QED) is 0.629. The van der Waals surface area contributed by atoms with Gasteiger partial charge in [0.2, 0.25) is 5.91 Å².